The van der Waals surface area contributed by atoms with Crippen LogP contribution >= 0.6 is 0 Å². The van der Waals surface area contributed by atoms with Gasteiger partial charge in [0.1, 0.15) is 18.5 Å². The summed E-state index contributed by atoms with van der Waals surface area (Å²) in [5.74, 6) is -1.40. The number of nitrogens with zero attached hydrogens (tertiary/aromatic N) is 2. The van der Waals surface area contributed by atoms with Gasteiger partial charge in [0.05, 0.1) is 25.3 Å². The van der Waals surface area contributed by atoms with Crippen molar-refractivity contribution in [2.45, 2.75) is 31.4 Å². The summed E-state index contributed by atoms with van der Waals surface area (Å²) >= 11 is 0. The Balaban J connectivity index is 1.23. The van der Waals surface area contributed by atoms with Crippen LogP contribution < -0.4 is 15.9 Å². The molecule has 1 aliphatic heterocycles. The third-order valence-electron chi connectivity index (χ3n) is 6.15. The Kier molecular flexibility index (Phi) is 10.4. The topological polar surface area (TPSA) is 169 Å². The lowest BCUT2D eigenvalue weighted by atomic mass is 10.1. The van der Waals surface area contributed by atoms with E-state index in [0.717, 1.165) is 16.1 Å². The van der Waals surface area contributed by atoms with E-state index in [1.54, 1.807) is 54.6 Å². The normalized spacial score (nSPS) is 15.7. The number of carbonyl (C=O) groups excluding carboxylic acids is 3. The van der Waals surface area contributed by atoms with Crippen molar-refractivity contribution in [1.29, 1.82) is 0 Å². The monoisotopic (exact) mass is 593 g/mol. The number of nitrogens with two attached hydrogens (primary N) is 1. The van der Waals surface area contributed by atoms with E-state index in [4.69, 9.17) is 15.2 Å². The quantitative estimate of drug-likeness (QED) is 0.224. The van der Waals surface area contributed by atoms with Crippen LogP contribution in [0.1, 0.15) is 28.7 Å². The maximum absolute atomic E-state index is 12.8. The van der Waals surface area contributed by atoms with Crippen molar-refractivity contribution in [2.24, 2.45) is 10.7 Å². The van der Waals surface area contributed by atoms with Gasteiger partial charge < -0.3 is 20.5 Å². The first-order valence-corrected chi connectivity index (χ1v) is 14.7. The van der Waals surface area contributed by atoms with Crippen molar-refractivity contribution in [3.05, 3.63) is 107 Å². The predicted molar refractivity (Wildman–Crippen MR) is 154 cm³/mol. The van der Waals surface area contributed by atoms with Crippen LogP contribution in [0, 0.1) is 0 Å². The van der Waals surface area contributed by atoms with Crippen LogP contribution in [0.25, 0.3) is 0 Å². The molecule has 4 rings (SSSR count). The second-order valence-electron chi connectivity index (χ2n) is 9.40. The summed E-state index contributed by atoms with van der Waals surface area (Å²) in [6.45, 7) is 0.328. The van der Waals surface area contributed by atoms with E-state index in [0.29, 0.717) is 11.1 Å². The van der Waals surface area contributed by atoms with E-state index < -0.39 is 34.0 Å². The smallest absolute Gasteiger partial charge is 0.435 e. The molecule has 3 aromatic rings. The van der Waals surface area contributed by atoms with Crippen molar-refractivity contribution in [1.82, 2.24) is 15.2 Å². The van der Waals surface area contributed by atoms with Gasteiger partial charge in [-0.05, 0) is 16.7 Å². The molecule has 0 aromatic heterocycles. The number of hydrazine groups is 1. The SMILES string of the molecule is N/C(=N\C(=O)OCc1ccccc1)c1ccc(CNC(=O)C[C@@H]2OCCN(NS(=O)(=O)Cc3ccccc3)C2=O)cc1. The molecule has 0 bridgehead atoms. The number of rotatable bonds is 11. The standard InChI is InChI=1S/C29H31N5O7S/c30-27(32-29(37)41-19-22-7-3-1-4-8-22)24-13-11-21(12-14-24)18-31-26(35)17-25-28(36)34(15-16-40-25)33-42(38,39)20-23-9-5-2-6-10-23/h1-14,25,33H,15-20H2,(H,31,35)(H2,30,32,37)/t25-/m0/s1. The Morgan fingerprint density at radius 3 is 2.26 bits per heavy atom. The molecule has 42 heavy (non-hydrogen) atoms. The van der Waals surface area contributed by atoms with Gasteiger partial charge >= 0.3 is 6.09 Å². The van der Waals surface area contributed by atoms with Gasteiger partial charge in [-0.2, -0.15) is 4.99 Å². The number of morpholine rings is 1. The largest absolute Gasteiger partial charge is 0.443 e. The molecule has 12 nitrogen and oxygen atoms in total. The van der Waals surface area contributed by atoms with Crippen LogP contribution in [-0.4, -0.2) is 56.4 Å². The highest BCUT2D eigenvalue weighted by Crippen LogP contribution is 2.12. The summed E-state index contributed by atoms with van der Waals surface area (Å²) in [4.78, 5) is 43.4. The fraction of sp³-hybridized carbons (Fsp3) is 0.241. The van der Waals surface area contributed by atoms with E-state index in [9.17, 15) is 22.8 Å². The lowest BCUT2D eigenvalue weighted by molar-refractivity contribution is -0.157. The minimum Gasteiger partial charge on any atom is -0.443 e. The van der Waals surface area contributed by atoms with E-state index in [1.807, 2.05) is 30.3 Å². The average Bonchev–Trinajstić information content (AvgIpc) is 2.98. The van der Waals surface area contributed by atoms with Crippen molar-refractivity contribution in [3.8, 4) is 0 Å². The molecule has 0 saturated carbocycles. The predicted octanol–water partition coefficient (Wildman–Crippen LogP) is 2.00. The molecular weight excluding hydrogens is 562 g/mol. The second-order valence-corrected chi connectivity index (χ2v) is 11.1. The number of amidine groups is 1. The molecule has 4 N–H and O–H groups in total. The summed E-state index contributed by atoms with van der Waals surface area (Å²) < 4.78 is 35.6. The summed E-state index contributed by atoms with van der Waals surface area (Å²) in [5.41, 5.74) is 8.56. The molecule has 3 aromatic carbocycles. The zero-order valence-electron chi connectivity index (χ0n) is 22.6. The molecule has 0 radical (unpaired) electrons. The number of benzene rings is 3. The number of aliphatic imine (C=N–C) groups is 1. The zero-order chi connectivity index (χ0) is 30.0. The van der Waals surface area contributed by atoms with Crippen molar-refractivity contribution >= 4 is 33.8 Å². The molecular formula is C29H31N5O7S. The summed E-state index contributed by atoms with van der Waals surface area (Å²) in [5, 5.41) is 3.69. The third kappa shape index (κ3) is 9.23. The molecule has 220 valence electrons. The number of carbonyl (C=O) groups is 3. The Bertz CT molecular complexity index is 1510. The van der Waals surface area contributed by atoms with Gasteiger partial charge in [0.15, 0.2) is 0 Å². The minimum absolute atomic E-state index is 0.0134. The highest BCUT2D eigenvalue weighted by molar-refractivity contribution is 7.88. The van der Waals surface area contributed by atoms with Crippen LogP contribution in [0.15, 0.2) is 89.9 Å². The average molecular weight is 594 g/mol. The molecule has 1 saturated heterocycles. The van der Waals surface area contributed by atoms with Gasteiger partial charge in [0.25, 0.3) is 5.91 Å². The van der Waals surface area contributed by atoms with Crippen LogP contribution in [0.4, 0.5) is 4.79 Å². The molecule has 13 heteroatoms. The lowest BCUT2D eigenvalue weighted by Crippen LogP contribution is -2.56. The highest BCUT2D eigenvalue weighted by Gasteiger charge is 2.33. The Morgan fingerprint density at radius 2 is 1.60 bits per heavy atom. The van der Waals surface area contributed by atoms with E-state index >= 15 is 0 Å². The van der Waals surface area contributed by atoms with Crippen molar-refractivity contribution in [2.75, 3.05) is 13.2 Å². The third-order valence-corrected chi connectivity index (χ3v) is 7.36. The molecule has 0 unspecified atom stereocenters. The first kappa shape index (κ1) is 30.4. The fourth-order valence-corrected chi connectivity index (χ4v) is 5.23. The van der Waals surface area contributed by atoms with E-state index in [1.165, 1.54) is 0 Å². The van der Waals surface area contributed by atoms with Crippen molar-refractivity contribution in [3.63, 3.8) is 0 Å². The van der Waals surface area contributed by atoms with E-state index in [2.05, 4.69) is 15.1 Å². The number of hydrogen-bond donors (Lipinski definition) is 3. The maximum Gasteiger partial charge on any atom is 0.435 e. The minimum atomic E-state index is -3.84. The van der Waals surface area contributed by atoms with E-state index in [-0.39, 0.29) is 44.3 Å². The van der Waals surface area contributed by atoms with Gasteiger partial charge in [-0.3, -0.25) is 14.6 Å². The maximum atomic E-state index is 12.8. The number of hydrogen-bond acceptors (Lipinski definition) is 7. The van der Waals surface area contributed by atoms with Gasteiger partial charge in [0.2, 0.25) is 15.9 Å². The number of sulfonamides is 1. The van der Waals surface area contributed by atoms with Gasteiger partial charge in [-0.15, -0.1) is 4.83 Å². The summed E-state index contributed by atoms with van der Waals surface area (Å²) in [6.07, 6.45) is -2.22. The molecule has 1 atom stereocenters. The van der Waals surface area contributed by atoms with Gasteiger partial charge in [-0.1, -0.05) is 84.9 Å². The molecule has 1 heterocycles. The van der Waals surface area contributed by atoms with Gasteiger partial charge in [0, 0.05) is 12.1 Å². The van der Waals surface area contributed by atoms with Crippen LogP contribution in [-0.2, 0) is 48.0 Å². The molecule has 1 aliphatic rings. The summed E-state index contributed by atoms with van der Waals surface area (Å²) in [6, 6.07) is 24.5. The Labute approximate surface area is 243 Å². The number of nitrogens with one attached hydrogen (secondary N) is 2. The van der Waals surface area contributed by atoms with Crippen molar-refractivity contribution < 1.29 is 32.3 Å². The Morgan fingerprint density at radius 1 is 0.952 bits per heavy atom. The molecule has 0 aliphatic carbocycles. The first-order valence-electron chi connectivity index (χ1n) is 13.1. The summed E-state index contributed by atoms with van der Waals surface area (Å²) in [7, 11) is -3.84. The second kappa shape index (κ2) is 14.3. The molecule has 3 amide bonds. The van der Waals surface area contributed by atoms with Crippen LogP contribution in [0.2, 0.25) is 0 Å². The lowest BCUT2D eigenvalue weighted by Gasteiger charge is -2.32. The van der Waals surface area contributed by atoms with Crippen LogP contribution in [0.5, 0.6) is 0 Å². The Hall–Kier alpha value is -4.59. The highest BCUT2D eigenvalue weighted by atomic mass is 32.2. The van der Waals surface area contributed by atoms with Crippen LogP contribution in [0.3, 0.4) is 0 Å². The molecule has 1 fully saturated rings. The first-order chi connectivity index (χ1) is 20.2. The number of amides is 3. The number of ether oxygens (including phenoxy) is 2. The van der Waals surface area contributed by atoms with Gasteiger partial charge in [-0.25, -0.2) is 13.2 Å². The molecule has 0 spiro atoms. The zero-order valence-corrected chi connectivity index (χ0v) is 23.5. The fourth-order valence-electron chi connectivity index (χ4n) is 4.02.